The number of aromatic nitrogens is 1. The molecule has 0 bridgehead atoms. The second-order valence-corrected chi connectivity index (χ2v) is 9.40. The lowest BCUT2D eigenvalue weighted by molar-refractivity contribution is -0.138. The van der Waals surface area contributed by atoms with E-state index in [0.717, 1.165) is 6.07 Å². The van der Waals surface area contributed by atoms with Gasteiger partial charge in [0.05, 0.1) is 18.7 Å². The maximum Gasteiger partial charge on any atom is 0.417 e. The van der Waals surface area contributed by atoms with Gasteiger partial charge in [0.1, 0.15) is 5.82 Å². The van der Waals surface area contributed by atoms with Crippen LogP contribution in [0.1, 0.15) is 34.3 Å². The van der Waals surface area contributed by atoms with Crippen LogP contribution in [0.15, 0.2) is 30.5 Å². The zero-order chi connectivity index (χ0) is 27.6. The molecule has 0 radical (unpaired) electrons. The summed E-state index contributed by atoms with van der Waals surface area (Å²) in [7, 11) is 1.50. The van der Waals surface area contributed by atoms with Crippen LogP contribution in [0.5, 0.6) is 0 Å². The Morgan fingerprint density at radius 1 is 1.11 bits per heavy atom. The molecular formula is C25H28F5N5O3. The summed E-state index contributed by atoms with van der Waals surface area (Å²) in [4.78, 5) is 35.1. The van der Waals surface area contributed by atoms with Gasteiger partial charge in [0, 0.05) is 63.1 Å². The molecule has 1 aromatic heterocycles. The van der Waals surface area contributed by atoms with Crippen molar-refractivity contribution in [3.63, 3.8) is 0 Å². The number of piperidine rings is 1. The molecule has 206 valence electrons. The van der Waals surface area contributed by atoms with Gasteiger partial charge in [-0.15, -0.1) is 0 Å². The first-order chi connectivity index (χ1) is 18.0. The van der Waals surface area contributed by atoms with Crippen molar-refractivity contribution in [2.75, 3.05) is 51.3 Å². The van der Waals surface area contributed by atoms with Gasteiger partial charge < -0.3 is 24.7 Å². The predicted molar refractivity (Wildman–Crippen MR) is 127 cm³/mol. The first kappa shape index (κ1) is 27.6. The predicted octanol–water partition coefficient (Wildman–Crippen LogP) is 3.35. The summed E-state index contributed by atoms with van der Waals surface area (Å²) in [5.74, 6) is -2.23. The van der Waals surface area contributed by atoms with E-state index in [9.17, 15) is 31.5 Å². The molecule has 2 saturated heterocycles. The normalized spacial score (nSPS) is 16.9. The maximum absolute atomic E-state index is 14.7. The van der Waals surface area contributed by atoms with E-state index in [1.165, 1.54) is 29.0 Å². The number of carbonyl (C=O) groups excluding carboxylic acids is 2. The summed E-state index contributed by atoms with van der Waals surface area (Å²) in [6.07, 6.45) is -3.11. The van der Waals surface area contributed by atoms with E-state index in [1.807, 2.05) is 0 Å². The number of rotatable bonds is 7. The number of nitrogens with zero attached hydrogens (tertiary/aromatic N) is 5. The summed E-state index contributed by atoms with van der Waals surface area (Å²) in [6.45, 7) is 1.39. The number of alkyl halides is 3. The molecule has 2 aromatic rings. The van der Waals surface area contributed by atoms with Crippen LogP contribution < -0.4 is 4.90 Å². The zero-order valence-corrected chi connectivity index (χ0v) is 20.7. The van der Waals surface area contributed by atoms with Gasteiger partial charge in [0.25, 0.3) is 5.91 Å². The lowest BCUT2D eigenvalue weighted by Crippen LogP contribution is -2.47. The number of amides is 3. The van der Waals surface area contributed by atoms with Crippen LogP contribution in [0.25, 0.3) is 0 Å². The SMILES string of the molecule is CN(CCO)C(=O)c1ccc(CN2CCN(C3CCN(c4ncc(C(F)(F)F)cc4F)CC3)C2=O)c(F)c1. The molecule has 0 saturated carbocycles. The number of aliphatic hydroxyl groups excluding tert-OH is 1. The third kappa shape index (κ3) is 5.82. The minimum Gasteiger partial charge on any atom is -0.395 e. The summed E-state index contributed by atoms with van der Waals surface area (Å²) in [6, 6.07) is 4.10. The number of urea groups is 1. The van der Waals surface area contributed by atoms with Crippen LogP contribution in [-0.2, 0) is 12.7 Å². The topological polar surface area (TPSA) is 80.2 Å². The number of anilines is 1. The van der Waals surface area contributed by atoms with Crippen molar-refractivity contribution in [2.45, 2.75) is 31.6 Å². The van der Waals surface area contributed by atoms with Crippen molar-refractivity contribution in [1.82, 2.24) is 19.7 Å². The molecule has 2 aliphatic heterocycles. The number of benzene rings is 1. The van der Waals surface area contributed by atoms with Crippen molar-refractivity contribution < 1.29 is 36.6 Å². The zero-order valence-electron chi connectivity index (χ0n) is 20.7. The Hall–Kier alpha value is -3.48. The lowest BCUT2D eigenvalue weighted by atomic mass is 10.0. The highest BCUT2D eigenvalue weighted by atomic mass is 19.4. The van der Waals surface area contributed by atoms with Gasteiger partial charge >= 0.3 is 12.2 Å². The second kappa shape index (κ2) is 11.1. The Kier molecular flexibility index (Phi) is 8.05. The number of pyridine rings is 1. The Balaban J connectivity index is 1.34. The standard InChI is InChI=1S/C25H28F5N5O3/c1-32(10-11-36)23(37)16-2-3-17(20(26)12-16)15-34-8-9-35(24(34)38)19-4-6-33(7-5-19)22-21(27)13-18(14-31-22)25(28,29)30/h2-3,12-14,19,36H,4-11,15H2,1H3. The Bertz CT molecular complexity index is 1190. The summed E-state index contributed by atoms with van der Waals surface area (Å²) >= 11 is 0. The average molecular weight is 542 g/mol. The highest BCUT2D eigenvalue weighted by Crippen LogP contribution is 2.32. The van der Waals surface area contributed by atoms with Crippen LogP contribution in [0.2, 0.25) is 0 Å². The smallest absolute Gasteiger partial charge is 0.395 e. The van der Waals surface area contributed by atoms with E-state index < -0.39 is 29.3 Å². The Labute approximate surface area is 216 Å². The molecule has 1 aromatic carbocycles. The van der Waals surface area contributed by atoms with Crippen molar-refractivity contribution in [3.05, 3.63) is 58.8 Å². The number of hydrogen-bond acceptors (Lipinski definition) is 5. The first-order valence-corrected chi connectivity index (χ1v) is 12.2. The summed E-state index contributed by atoms with van der Waals surface area (Å²) in [5, 5.41) is 8.98. The molecule has 2 fully saturated rings. The minimum absolute atomic E-state index is 0.0294. The Morgan fingerprint density at radius 3 is 2.42 bits per heavy atom. The quantitative estimate of drug-likeness (QED) is 0.544. The Morgan fingerprint density at radius 2 is 1.82 bits per heavy atom. The van der Waals surface area contributed by atoms with E-state index in [0.29, 0.717) is 51.3 Å². The third-order valence-corrected chi connectivity index (χ3v) is 6.92. The van der Waals surface area contributed by atoms with Gasteiger partial charge in [-0.25, -0.2) is 18.6 Å². The molecular weight excluding hydrogens is 513 g/mol. The van der Waals surface area contributed by atoms with Crippen molar-refractivity contribution >= 4 is 17.8 Å². The molecule has 1 N–H and O–H groups in total. The van der Waals surface area contributed by atoms with Crippen molar-refractivity contribution in [2.24, 2.45) is 0 Å². The molecule has 0 atom stereocenters. The number of carbonyl (C=O) groups is 2. The highest BCUT2D eigenvalue weighted by Gasteiger charge is 2.37. The molecule has 8 nitrogen and oxygen atoms in total. The van der Waals surface area contributed by atoms with Crippen LogP contribution in [0.3, 0.4) is 0 Å². The summed E-state index contributed by atoms with van der Waals surface area (Å²) < 4.78 is 67.4. The van der Waals surface area contributed by atoms with Crippen LogP contribution in [0.4, 0.5) is 32.6 Å². The molecule has 0 spiro atoms. The first-order valence-electron chi connectivity index (χ1n) is 12.2. The molecule has 0 unspecified atom stereocenters. The fourth-order valence-electron chi connectivity index (χ4n) is 4.78. The van der Waals surface area contributed by atoms with Gasteiger partial charge in [-0.2, -0.15) is 13.2 Å². The average Bonchev–Trinajstić information content (AvgIpc) is 3.24. The van der Waals surface area contributed by atoms with E-state index in [2.05, 4.69) is 4.98 Å². The lowest BCUT2D eigenvalue weighted by Gasteiger charge is -2.37. The van der Waals surface area contributed by atoms with Crippen LogP contribution in [-0.4, -0.2) is 89.1 Å². The number of hydrogen-bond donors (Lipinski definition) is 1. The molecule has 0 aliphatic carbocycles. The van der Waals surface area contributed by atoms with Gasteiger partial charge in [-0.1, -0.05) is 6.07 Å². The molecule has 3 amide bonds. The van der Waals surface area contributed by atoms with Gasteiger partial charge in [0.2, 0.25) is 0 Å². The molecule has 13 heteroatoms. The fraction of sp³-hybridized carbons (Fsp3) is 0.480. The number of halogens is 5. The van der Waals surface area contributed by atoms with E-state index >= 15 is 0 Å². The van der Waals surface area contributed by atoms with Gasteiger partial charge in [0.15, 0.2) is 11.6 Å². The third-order valence-electron chi connectivity index (χ3n) is 6.92. The molecule has 4 rings (SSSR count). The van der Waals surface area contributed by atoms with Gasteiger partial charge in [-0.05, 0) is 31.0 Å². The number of aliphatic hydroxyl groups is 1. The van der Waals surface area contributed by atoms with Gasteiger partial charge in [-0.3, -0.25) is 4.79 Å². The largest absolute Gasteiger partial charge is 0.417 e. The molecule has 3 heterocycles. The summed E-state index contributed by atoms with van der Waals surface area (Å²) in [5.41, 5.74) is -0.745. The van der Waals surface area contributed by atoms with E-state index in [-0.39, 0.29) is 48.7 Å². The monoisotopic (exact) mass is 541 g/mol. The van der Waals surface area contributed by atoms with E-state index in [4.69, 9.17) is 5.11 Å². The number of likely N-dealkylation sites (N-methyl/N-ethyl adjacent to an activating group) is 1. The van der Waals surface area contributed by atoms with Crippen molar-refractivity contribution in [1.29, 1.82) is 0 Å². The second-order valence-electron chi connectivity index (χ2n) is 9.40. The van der Waals surface area contributed by atoms with Crippen molar-refractivity contribution in [3.8, 4) is 0 Å². The maximum atomic E-state index is 14.7. The molecule has 2 aliphatic rings. The fourth-order valence-corrected chi connectivity index (χ4v) is 4.78. The minimum atomic E-state index is -4.68. The van der Waals surface area contributed by atoms with Crippen LogP contribution in [0, 0.1) is 11.6 Å². The molecule has 38 heavy (non-hydrogen) atoms. The highest BCUT2D eigenvalue weighted by molar-refractivity contribution is 5.94. The van der Waals surface area contributed by atoms with E-state index in [1.54, 1.807) is 9.80 Å². The van der Waals surface area contributed by atoms with Crippen LogP contribution >= 0.6 is 0 Å².